The molecule has 3 heteroatoms. The Morgan fingerprint density at radius 2 is 1.69 bits per heavy atom. The molecule has 0 radical (unpaired) electrons. The highest BCUT2D eigenvalue weighted by atomic mass is 16.3. The molecule has 0 saturated carbocycles. The molecule has 1 atom stereocenters. The first-order valence-electron chi connectivity index (χ1n) is 6.59. The summed E-state index contributed by atoms with van der Waals surface area (Å²) in [6.45, 7) is 4.09. The van der Waals surface area contributed by atoms with Gasteiger partial charge in [0.15, 0.2) is 0 Å². The molecular formula is C13H27NO2. The highest BCUT2D eigenvalue weighted by Crippen LogP contribution is 2.09. The number of aliphatic hydroxyl groups is 1. The highest BCUT2D eigenvalue weighted by molar-refractivity contribution is 5.72. The zero-order valence-electron chi connectivity index (χ0n) is 10.8. The van der Waals surface area contributed by atoms with E-state index in [9.17, 15) is 9.90 Å². The van der Waals surface area contributed by atoms with E-state index in [1.165, 1.54) is 45.4 Å². The van der Waals surface area contributed by atoms with Crippen LogP contribution in [0.15, 0.2) is 0 Å². The average Bonchev–Trinajstić information content (AvgIpc) is 2.25. The van der Waals surface area contributed by atoms with E-state index in [1.807, 2.05) is 0 Å². The summed E-state index contributed by atoms with van der Waals surface area (Å²) in [5.41, 5.74) is 0. The third-order valence-electron chi connectivity index (χ3n) is 2.73. The fraction of sp³-hybridized carbons (Fsp3) is 0.923. The van der Waals surface area contributed by atoms with Gasteiger partial charge in [0.2, 0.25) is 5.91 Å². The normalized spacial score (nSPS) is 12.4. The molecule has 0 fully saturated rings. The molecule has 0 aromatic heterocycles. The van der Waals surface area contributed by atoms with Crippen molar-refractivity contribution < 1.29 is 9.90 Å². The lowest BCUT2D eigenvalue weighted by atomic mass is 10.1. The van der Waals surface area contributed by atoms with Crippen LogP contribution in [-0.4, -0.2) is 23.7 Å². The molecule has 16 heavy (non-hydrogen) atoms. The van der Waals surface area contributed by atoms with Crippen LogP contribution in [0.25, 0.3) is 0 Å². The standard InChI is InChI=1S/C13H27NO2/c1-3-4-5-6-7-8-9-10-13(16)11-14-12(2)15/h13,16H,3-11H2,1-2H3,(H,14,15). The first-order valence-corrected chi connectivity index (χ1v) is 6.59. The second-order valence-corrected chi connectivity index (χ2v) is 4.50. The van der Waals surface area contributed by atoms with Crippen molar-refractivity contribution in [3.05, 3.63) is 0 Å². The first-order chi connectivity index (χ1) is 7.66. The summed E-state index contributed by atoms with van der Waals surface area (Å²) in [6, 6.07) is 0. The molecule has 0 aliphatic carbocycles. The van der Waals surface area contributed by atoms with E-state index in [0.717, 1.165) is 12.8 Å². The summed E-state index contributed by atoms with van der Waals surface area (Å²) < 4.78 is 0. The Hall–Kier alpha value is -0.570. The fourth-order valence-electron chi connectivity index (χ4n) is 1.70. The van der Waals surface area contributed by atoms with E-state index in [4.69, 9.17) is 0 Å². The Kier molecular flexibility index (Phi) is 10.5. The number of carbonyl (C=O) groups is 1. The monoisotopic (exact) mass is 229 g/mol. The van der Waals surface area contributed by atoms with Crippen molar-refractivity contribution in [1.82, 2.24) is 5.32 Å². The molecule has 2 N–H and O–H groups in total. The number of rotatable bonds is 10. The van der Waals surface area contributed by atoms with Gasteiger partial charge >= 0.3 is 0 Å². The van der Waals surface area contributed by atoms with Crippen molar-refractivity contribution in [2.75, 3.05) is 6.54 Å². The minimum atomic E-state index is -0.375. The molecule has 96 valence electrons. The average molecular weight is 229 g/mol. The number of unbranched alkanes of at least 4 members (excludes halogenated alkanes) is 6. The van der Waals surface area contributed by atoms with Crippen molar-refractivity contribution in [2.24, 2.45) is 0 Å². The van der Waals surface area contributed by atoms with Crippen molar-refractivity contribution in [1.29, 1.82) is 0 Å². The van der Waals surface area contributed by atoms with E-state index in [0.29, 0.717) is 6.54 Å². The van der Waals surface area contributed by atoms with E-state index in [2.05, 4.69) is 12.2 Å². The third kappa shape index (κ3) is 11.5. The smallest absolute Gasteiger partial charge is 0.216 e. The SMILES string of the molecule is CCCCCCCCCC(O)CNC(C)=O. The van der Waals surface area contributed by atoms with Crippen molar-refractivity contribution in [2.45, 2.75) is 71.3 Å². The second-order valence-electron chi connectivity index (χ2n) is 4.50. The first kappa shape index (κ1) is 15.4. The maximum atomic E-state index is 10.6. The maximum absolute atomic E-state index is 10.6. The zero-order chi connectivity index (χ0) is 12.2. The Labute approximate surface area is 99.6 Å². The van der Waals surface area contributed by atoms with Gasteiger partial charge < -0.3 is 10.4 Å². The van der Waals surface area contributed by atoms with Gasteiger partial charge in [0.05, 0.1) is 6.10 Å². The Morgan fingerprint density at radius 3 is 2.25 bits per heavy atom. The number of carbonyl (C=O) groups excluding carboxylic acids is 1. The minimum Gasteiger partial charge on any atom is -0.391 e. The number of hydrogen-bond donors (Lipinski definition) is 2. The van der Waals surface area contributed by atoms with Crippen LogP contribution in [0.2, 0.25) is 0 Å². The van der Waals surface area contributed by atoms with Crippen molar-refractivity contribution in [3.63, 3.8) is 0 Å². The van der Waals surface area contributed by atoms with Crippen LogP contribution in [0.1, 0.15) is 65.2 Å². The van der Waals surface area contributed by atoms with Gasteiger partial charge in [0.1, 0.15) is 0 Å². The van der Waals surface area contributed by atoms with E-state index >= 15 is 0 Å². The van der Waals surface area contributed by atoms with Crippen LogP contribution in [0.3, 0.4) is 0 Å². The summed E-state index contributed by atoms with van der Waals surface area (Å²) in [7, 11) is 0. The van der Waals surface area contributed by atoms with Crippen LogP contribution in [0.4, 0.5) is 0 Å². The number of aliphatic hydroxyl groups excluding tert-OH is 1. The lowest BCUT2D eigenvalue weighted by Crippen LogP contribution is -2.30. The number of amides is 1. The van der Waals surface area contributed by atoms with Gasteiger partial charge in [-0.05, 0) is 6.42 Å². The quantitative estimate of drug-likeness (QED) is 0.566. The molecule has 0 aliphatic heterocycles. The minimum absolute atomic E-state index is 0.0707. The lowest BCUT2D eigenvalue weighted by Gasteiger charge is -2.10. The predicted molar refractivity (Wildman–Crippen MR) is 67.3 cm³/mol. The van der Waals surface area contributed by atoms with E-state index < -0.39 is 0 Å². The highest BCUT2D eigenvalue weighted by Gasteiger charge is 2.03. The molecule has 0 saturated heterocycles. The van der Waals surface area contributed by atoms with E-state index in [1.54, 1.807) is 0 Å². The molecule has 3 nitrogen and oxygen atoms in total. The summed E-state index contributed by atoms with van der Waals surface area (Å²) in [6.07, 6.45) is 9.23. The number of hydrogen-bond acceptors (Lipinski definition) is 2. The molecular weight excluding hydrogens is 202 g/mol. The van der Waals surface area contributed by atoms with Crippen LogP contribution < -0.4 is 5.32 Å². The van der Waals surface area contributed by atoms with Crippen LogP contribution in [0.5, 0.6) is 0 Å². The van der Waals surface area contributed by atoms with Gasteiger partial charge in [-0.15, -0.1) is 0 Å². The summed E-state index contributed by atoms with van der Waals surface area (Å²) >= 11 is 0. The van der Waals surface area contributed by atoms with Gasteiger partial charge in [-0.2, -0.15) is 0 Å². The van der Waals surface area contributed by atoms with E-state index in [-0.39, 0.29) is 12.0 Å². The summed E-state index contributed by atoms with van der Waals surface area (Å²) in [4.78, 5) is 10.6. The number of nitrogens with one attached hydrogen (secondary N) is 1. The molecule has 0 heterocycles. The van der Waals surface area contributed by atoms with Crippen LogP contribution >= 0.6 is 0 Å². The molecule has 1 amide bonds. The molecule has 0 aromatic carbocycles. The molecule has 1 unspecified atom stereocenters. The third-order valence-corrected chi connectivity index (χ3v) is 2.73. The van der Waals surface area contributed by atoms with Gasteiger partial charge in [-0.25, -0.2) is 0 Å². The van der Waals surface area contributed by atoms with Crippen molar-refractivity contribution in [3.8, 4) is 0 Å². The Morgan fingerprint density at radius 1 is 1.12 bits per heavy atom. The molecule has 0 rings (SSSR count). The molecule has 0 aromatic rings. The van der Waals surface area contributed by atoms with Gasteiger partial charge in [0.25, 0.3) is 0 Å². The maximum Gasteiger partial charge on any atom is 0.216 e. The van der Waals surface area contributed by atoms with Gasteiger partial charge in [0, 0.05) is 13.5 Å². The zero-order valence-corrected chi connectivity index (χ0v) is 10.8. The molecule has 0 spiro atoms. The lowest BCUT2D eigenvalue weighted by molar-refractivity contribution is -0.119. The topological polar surface area (TPSA) is 49.3 Å². The Balaban J connectivity index is 3.15. The van der Waals surface area contributed by atoms with Gasteiger partial charge in [-0.3, -0.25) is 4.79 Å². The fourth-order valence-corrected chi connectivity index (χ4v) is 1.70. The summed E-state index contributed by atoms with van der Waals surface area (Å²) in [5, 5.41) is 12.1. The second kappa shape index (κ2) is 10.9. The summed E-state index contributed by atoms with van der Waals surface area (Å²) in [5.74, 6) is -0.0707. The Bertz CT molecular complexity index is 171. The van der Waals surface area contributed by atoms with Gasteiger partial charge in [-0.1, -0.05) is 51.9 Å². The van der Waals surface area contributed by atoms with Crippen LogP contribution in [-0.2, 0) is 4.79 Å². The predicted octanol–water partition coefficient (Wildman–Crippen LogP) is 2.62. The van der Waals surface area contributed by atoms with Crippen LogP contribution in [0, 0.1) is 0 Å². The molecule has 0 aliphatic rings. The van der Waals surface area contributed by atoms with Crippen molar-refractivity contribution >= 4 is 5.91 Å². The molecule has 0 bridgehead atoms. The largest absolute Gasteiger partial charge is 0.391 e.